The van der Waals surface area contributed by atoms with E-state index in [1.807, 2.05) is 0 Å². The number of aliphatic hydroxyl groups is 2. The number of rotatable bonds is 7. The van der Waals surface area contributed by atoms with Gasteiger partial charge in [-0.1, -0.05) is 32.6 Å². The second-order valence-corrected chi connectivity index (χ2v) is 2.85. The van der Waals surface area contributed by atoms with E-state index in [0.717, 1.165) is 6.61 Å². The first-order chi connectivity index (χ1) is 11.3. The molecule has 0 aliphatic heterocycles. The summed E-state index contributed by atoms with van der Waals surface area (Å²) in [6.45, 7) is 32.9. The van der Waals surface area contributed by atoms with Crippen molar-refractivity contribution in [2.24, 2.45) is 0 Å². The van der Waals surface area contributed by atoms with E-state index in [0.29, 0.717) is 0 Å². The van der Waals surface area contributed by atoms with Crippen molar-refractivity contribution in [3.63, 3.8) is 0 Å². The maximum atomic E-state index is 7.62. The molecule has 0 unspecified atom stereocenters. The first-order valence-corrected chi connectivity index (χ1v) is 7.54. The van der Waals surface area contributed by atoms with Crippen LogP contribution in [0.2, 0.25) is 0 Å². The Morgan fingerprint density at radius 1 is 0.609 bits per heavy atom. The lowest BCUT2D eigenvalue weighted by Crippen LogP contribution is -1.87. The molecule has 2 N–H and O–H groups in total. The summed E-state index contributed by atoms with van der Waals surface area (Å²) in [6, 6.07) is 0. The molecule has 0 heterocycles. The average molecular weight is 333 g/mol. The normalized spacial score (nSPS) is 6.09. The molecule has 0 spiro atoms. The Morgan fingerprint density at radius 2 is 0.913 bits per heavy atom. The predicted octanol–water partition coefficient (Wildman–Crippen LogP) is 5.59. The smallest absolute Gasteiger partial charge is 0.0662 e. The van der Waals surface area contributed by atoms with Crippen LogP contribution < -0.4 is 0 Å². The van der Waals surface area contributed by atoms with E-state index in [4.69, 9.17) is 14.9 Å². The lowest BCUT2D eigenvalue weighted by molar-refractivity contribution is 0.186. The Bertz CT molecular complexity index is 99.8. The lowest BCUT2D eigenvalue weighted by Gasteiger charge is -1.97. The van der Waals surface area contributed by atoms with Crippen LogP contribution in [0.5, 0.6) is 0 Å². The zero-order chi connectivity index (χ0) is 20.4. The summed E-state index contributed by atoms with van der Waals surface area (Å²) in [5, 5.41) is 15.2. The van der Waals surface area contributed by atoms with Gasteiger partial charge >= 0.3 is 0 Å². The Labute approximate surface area is 147 Å². The number of methoxy groups -OCH3 is 1. The molecule has 3 heteroatoms. The first kappa shape index (κ1) is 43.0. The molecule has 0 radical (unpaired) electrons. The second-order valence-electron chi connectivity index (χ2n) is 2.85. The van der Waals surface area contributed by atoms with Crippen LogP contribution >= 0.6 is 0 Å². The van der Waals surface area contributed by atoms with Gasteiger partial charge in [-0.2, -0.15) is 0 Å². The maximum Gasteiger partial charge on any atom is 0.0662 e. The lowest BCUT2D eigenvalue weighted by atomic mass is 10.2. The molecule has 0 rings (SSSR count). The molecule has 0 aliphatic carbocycles. The highest BCUT2D eigenvalue weighted by Gasteiger charge is 1.85. The highest BCUT2D eigenvalue weighted by atomic mass is 16.5. The predicted molar refractivity (Wildman–Crippen MR) is 111 cm³/mol. The third-order valence-electron chi connectivity index (χ3n) is 1.55. The maximum absolute atomic E-state index is 7.62. The molecule has 0 aromatic rings. The van der Waals surface area contributed by atoms with E-state index >= 15 is 0 Å². The third-order valence-corrected chi connectivity index (χ3v) is 1.55. The van der Waals surface area contributed by atoms with Gasteiger partial charge in [0.15, 0.2) is 0 Å². The fraction of sp³-hybridized carbons (Fsp3) is 0.500. The molecule has 0 fully saturated rings. The van der Waals surface area contributed by atoms with E-state index in [1.54, 1.807) is 7.11 Å². The topological polar surface area (TPSA) is 49.7 Å². The molecule has 0 atom stereocenters. The van der Waals surface area contributed by atoms with Crippen molar-refractivity contribution in [2.45, 2.75) is 39.0 Å². The van der Waals surface area contributed by atoms with Gasteiger partial charge in [0.1, 0.15) is 0 Å². The SMILES string of the molecule is C=C.C=C.C=C.C=C.C=C.CCCCCCCOC.OCCO. The summed E-state index contributed by atoms with van der Waals surface area (Å²) < 4.78 is 4.92. The summed E-state index contributed by atoms with van der Waals surface area (Å²) in [7, 11) is 1.76. The minimum Gasteiger partial charge on any atom is -0.394 e. The van der Waals surface area contributed by atoms with E-state index in [-0.39, 0.29) is 13.2 Å². The van der Waals surface area contributed by atoms with Crippen molar-refractivity contribution in [3.8, 4) is 0 Å². The van der Waals surface area contributed by atoms with Crippen LogP contribution in [0.3, 0.4) is 0 Å². The van der Waals surface area contributed by atoms with Crippen molar-refractivity contribution in [1.29, 1.82) is 0 Å². The summed E-state index contributed by atoms with van der Waals surface area (Å²) in [6.07, 6.45) is 6.65. The Kier molecular flexibility index (Phi) is 257. The number of hydrogen-bond donors (Lipinski definition) is 2. The van der Waals surface area contributed by atoms with Crippen LogP contribution in [0.1, 0.15) is 39.0 Å². The zero-order valence-electron chi connectivity index (χ0n) is 16.0. The highest BCUT2D eigenvalue weighted by Crippen LogP contribution is 2.01. The van der Waals surface area contributed by atoms with Crippen molar-refractivity contribution < 1.29 is 14.9 Å². The molecule has 0 aromatic heterocycles. The quantitative estimate of drug-likeness (QED) is 0.472. The third kappa shape index (κ3) is 228. The van der Waals surface area contributed by atoms with E-state index in [1.165, 1.54) is 32.1 Å². The van der Waals surface area contributed by atoms with Crippen LogP contribution in [0, 0.1) is 0 Å². The Morgan fingerprint density at radius 3 is 1.13 bits per heavy atom. The van der Waals surface area contributed by atoms with Crippen LogP contribution in [0.4, 0.5) is 0 Å². The molecule has 0 bridgehead atoms. The molecule has 0 saturated carbocycles. The summed E-state index contributed by atoms with van der Waals surface area (Å²) >= 11 is 0. The number of aliphatic hydroxyl groups excluding tert-OH is 2. The van der Waals surface area contributed by atoms with Crippen molar-refractivity contribution in [1.82, 2.24) is 0 Å². The van der Waals surface area contributed by atoms with Gasteiger partial charge in [0.25, 0.3) is 0 Å². The summed E-state index contributed by atoms with van der Waals surface area (Å²) in [4.78, 5) is 0. The molecule has 3 nitrogen and oxygen atoms in total. The largest absolute Gasteiger partial charge is 0.394 e. The van der Waals surface area contributed by atoms with E-state index in [9.17, 15) is 0 Å². The minimum absolute atomic E-state index is 0.125. The van der Waals surface area contributed by atoms with Gasteiger partial charge in [0.2, 0.25) is 0 Å². The molecular weight excluding hydrogens is 288 g/mol. The fourth-order valence-electron chi connectivity index (χ4n) is 0.850. The van der Waals surface area contributed by atoms with E-state index < -0.39 is 0 Å². The van der Waals surface area contributed by atoms with Gasteiger partial charge in [-0.05, 0) is 6.42 Å². The van der Waals surface area contributed by atoms with Gasteiger partial charge in [-0.25, -0.2) is 0 Å². The van der Waals surface area contributed by atoms with Gasteiger partial charge < -0.3 is 14.9 Å². The van der Waals surface area contributed by atoms with Gasteiger partial charge in [-0.3, -0.25) is 0 Å². The average Bonchev–Trinajstić information content (AvgIpc) is 2.70. The molecule has 0 aliphatic rings. The molecule has 0 amide bonds. The van der Waals surface area contributed by atoms with Crippen LogP contribution in [0.15, 0.2) is 65.8 Å². The molecule has 0 saturated heterocycles. The molecule has 0 aromatic carbocycles. The van der Waals surface area contributed by atoms with Crippen LogP contribution in [-0.4, -0.2) is 37.1 Å². The monoisotopic (exact) mass is 332 g/mol. The van der Waals surface area contributed by atoms with Gasteiger partial charge in [-0.15, -0.1) is 65.8 Å². The first-order valence-electron chi connectivity index (χ1n) is 7.54. The standard InChI is InChI=1S/C8H18O.C2H6O2.5C2H4/c1-3-4-5-6-7-8-9-2;3-1-2-4;5*1-2/h3-8H2,1-2H3;3-4H,1-2H2;5*1-2H2. The molecular formula is C20H44O3. The van der Waals surface area contributed by atoms with Gasteiger partial charge in [0, 0.05) is 13.7 Å². The van der Waals surface area contributed by atoms with Crippen molar-refractivity contribution >= 4 is 0 Å². The minimum atomic E-state index is -0.125. The van der Waals surface area contributed by atoms with Crippen molar-refractivity contribution in [3.05, 3.63) is 65.8 Å². The second kappa shape index (κ2) is 137. The Hall–Kier alpha value is -1.42. The Balaban J connectivity index is -0.0000000310. The zero-order valence-corrected chi connectivity index (χ0v) is 16.0. The van der Waals surface area contributed by atoms with Crippen molar-refractivity contribution in [2.75, 3.05) is 26.9 Å². The molecule has 142 valence electrons. The van der Waals surface area contributed by atoms with Gasteiger partial charge in [0.05, 0.1) is 13.2 Å². The number of hydrogen-bond acceptors (Lipinski definition) is 3. The number of ether oxygens (including phenoxy) is 1. The summed E-state index contributed by atoms with van der Waals surface area (Å²) in [5.74, 6) is 0. The highest BCUT2D eigenvalue weighted by molar-refractivity contribution is 4.40. The van der Waals surface area contributed by atoms with E-state index in [2.05, 4.69) is 72.7 Å². The number of unbranched alkanes of at least 4 members (excludes halogenated alkanes) is 4. The van der Waals surface area contributed by atoms with Crippen LogP contribution in [0.25, 0.3) is 0 Å². The summed E-state index contributed by atoms with van der Waals surface area (Å²) in [5.41, 5.74) is 0. The van der Waals surface area contributed by atoms with Crippen LogP contribution in [-0.2, 0) is 4.74 Å². The molecule has 23 heavy (non-hydrogen) atoms. The fourth-order valence-corrected chi connectivity index (χ4v) is 0.850.